The normalized spacial score (nSPS) is 12.1. The maximum Gasteiger partial charge on any atom is 0.269 e. The average Bonchev–Trinajstić information content (AvgIpc) is 2.79. The first-order valence-corrected chi connectivity index (χ1v) is 11.6. The van der Waals surface area contributed by atoms with Crippen LogP contribution in [0.5, 0.6) is 0 Å². The van der Waals surface area contributed by atoms with Crippen LogP contribution in [0.25, 0.3) is 0 Å². The Labute approximate surface area is 193 Å². The minimum absolute atomic E-state index is 0.0244. The van der Waals surface area contributed by atoms with Crippen molar-refractivity contribution < 1.29 is 31.2 Å². The van der Waals surface area contributed by atoms with Crippen LogP contribution in [0.4, 0.5) is 13.2 Å². The average molecular weight is 491 g/mol. The summed E-state index contributed by atoms with van der Waals surface area (Å²) in [6, 6.07) is 8.88. The number of halogens is 3. The fourth-order valence-corrected chi connectivity index (χ4v) is 5.00. The summed E-state index contributed by atoms with van der Waals surface area (Å²) in [4.78, 5) is 26.8. The number of aromatic nitrogens is 1. The highest BCUT2D eigenvalue weighted by molar-refractivity contribution is 7.91. The summed E-state index contributed by atoms with van der Waals surface area (Å²) in [7, 11) is -4.38. The molecule has 1 heterocycles. The second kappa shape index (κ2) is 10.5. The monoisotopic (exact) mass is 491 g/mol. The standard InChI is InChI=1S/C23H20F3N3O4S/c1-14(30)27-10-11-28-23(31)21-9-2-15(13-29-21)22(19-12-17(25)5-8-20(19)26)34(32,33)18-6-3-16(24)4-7-18/h2-9,12-13,22H,10-11H2,1H3,(H,27,30)(H,28,31). The third-order valence-corrected chi connectivity index (χ3v) is 6.88. The van der Waals surface area contributed by atoms with E-state index >= 15 is 0 Å². The largest absolute Gasteiger partial charge is 0.355 e. The van der Waals surface area contributed by atoms with Gasteiger partial charge in [0, 0.05) is 31.8 Å². The molecular weight excluding hydrogens is 471 g/mol. The molecular formula is C23H20F3N3O4S. The molecule has 11 heteroatoms. The molecule has 0 saturated carbocycles. The van der Waals surface area contributed by atoms with Crippen molar-refractivity contribution in [2.24, 2.45) is 0 Å². The Morgan fingerprint density at radius 2 is 1.56 bits per heavy atom. The molecule has 178 valence electrons. The van der Waals surface area contributed by atoms with Crippen LogP contribution < -0.4 is 10.6 Å². The van der Waals surface area contributed by atoms with Crippen molar-refractivity contribution in [3.8, 4) is 0 Å². The van der Waals surface area contributed by atoms with Gasteiger partial charge < -0.3 is 10.6 Å². The molecule has 0 fully saturated rings. The van der Waals surface area contributed by atoms with Gasteiger partial charge in [0.15, 0.2) is 9.84 Å². The topological polar surface area (TPSA) is 105 Å². The van der Waals surface area contributed by atoms with E-state index in [0.29, 0.717) is 0 Å². The van der Waals surface area contributed by atoms with Crippen LogP contribution in [-0.4, -0.2) is 38.3 Å². The van der Waals surface area contributed by atoms with E-state index in [2.05, 4.69) is 15.6 Å². The maximum atomic E-state index is 14.6. The van der Waals surface area contributed by atoms with Crippen molar-refractivity contribution in [2.45, 2.75) is 17.1 Å². The van der Waals surface area contributed by atoms with E-state index in [1.54, 1.807) is 0 Å². The van der Waals surface area contributed by atoms with Gasteiger partial charge in [-0.3, -0.25) is 14.6 Å². The molecule has 0 radical (unpaired) electrons. The number of hydrogen-bond donors (Lipinski definition) is 2. The Morgan fingerprint density at radius 1 is 0.912 bits per heavy atom. The Kier molecular flexibility index (Phi) is 7.67. The molecule has 2 amide bonds. The van der Waals surface area contributed by atoms with Gasteiger partial charge in [0.25, 0.3) is 5.91 Å². The number of sulfone groups is 1. The van der Waals surface area contributed by atoms with Crippen molar-refractivity contribution in [1.82, 2.24) is 15.6 Å². The molecule has 34 heavy (non-hydrogen) atoms. The van der Waals surface area contributed by atoms with E-state index in [-0.39, 0.29) is 35.1 Å². The van der Waals surface area contributed by atoms with Crippen LogP contribution in [-0.2, 0) is 14.6 Å². The highest BCUT2D eigenvalue weighted by atomic mass is 32.2. The zero-order chi connectivity index (χ0) is 24.9. The predicted molar refractivity (Wildman–Crippen MR) is 117 cm³/mol. The number of nitrogens with one attached hydrogen (secondary N) is 2. The smallest absolute Gasteiger partial charge is 0.269 e. The minimum Gasteiger partial charge on any atom is -0.355 e. The number of hydrogen-bond acceptors (Lipinski definition) is 5. The van der Waals surface area contributed by atoms with Gasteiger partial charge in [0.2, 0.25) is 5.91 Å². The van der Waals surface area contributed by atoms with Crippen LogP contribution in [0.15, 0.2) is 65.7 Å². The van der Waals surface area contributed by atoms with E-state index in [1.165, 1.54) is 19.1 Å². The van der Waals surface area contributed by atoms with Crippen LogP contribution >= 0.6 is 0 Å². The van der Waals surface area contributed by atoms with Gasteiger partial charge in [-0.05, 0) is 54.1 Å². The summed E-state index contributed by atoms with van der Waals surface area (Å²) in [6.45, 7) is 1.67. The summed E-state index contributed by atoms with van der Waals surface area (Å²) in [5.74, 6) is -3.31. The molecule has 2 N–H and O–H groups in total. The molecule has 3 rings (SSSR count). The molecule has 7 nitrogen and oxygen atoms in total. The van der Waals surface area contributed by atoms with Crippen molar-refractivity contribution in [3.05, 3.63) is 95.1 Å². The van der Waals surface area contributed by atoms with Crippen molar-refractivity contribution in [2.75, 3.05) is 13.1 Å². The summed E-state index contributed by atoms with van der Waals surface area (Å²) < 4.78 is 68.7. The predicted octanol–water partition coefficient (Wildman–Crippen LogP) is 2.93. The highest BCUT2D eigenvalue weighted by Crippen LogP contribution is 2.36. The van der Waals surface area contributed by atoms with Gasteiger partial charge in [-0.1, -0.05) is 6.07 Å². The zero-order valence-electron chi connectivity index (χ0n) is 17.9. The maximum absolute atomic E-state index is 14.6. The Bertz CT molecular complexity index is 1300. The summed E-state index contributed by atoms with van der Waals surface area (Å²) in [5, 5.41) is 3.33. The summed E-state index contributed by atoms with van der Waals surface area (Å²) in [5.41, 5.74) is -0.536. The van der Waals surface area contributed by atoms with Crippen LogP contribution in [0.2, 0.25) is 0 Å². The van der Waals surface area contributed by atoms with Gasteiger partial charge in [-0.25, -0.2) is 21.6 Å². The van der Waals surface area contributed by atoms with Gasteiger partial charge in [-0.2, -0.15) is 0 Å². The van der Waals surface area contributed by atoms with E-state index in [4.69, 9.17) is 0 Å². The third-order valence-electron chi connectivity index (χ3n) is 4.80. The van der Waals surface area contributed by atoms with Crippen LogP contribution in [0, 0.1) is 17.5 Å². The van der Waals surface area contributed by atoms with Gasteiger partial charge in [-0.15, -0.1) is 0 Å². The molecule has 0 aliphatic carbocycles. The molecule has 1 aromatic heterocycles. The lowest BCUT2D eigenvalue weighted by Crippen LogP contribution is -2.34. The Balaban J connectivity index is 1.97. The number of benzene rings is 2. The molecule has 0 spiro atoms. The molecule has 0 saturated heterocycles. The fraction of sp³-hybridized carbons (Fsp3) is 0.174. The van der Waals surface area contributed by atoms with Crippen LogP contribution in [0.1, 0.15) is 33.8 Å². The third kappa shape index (κ3) is 5.79. The number of carbonyl (C=O) groups is 2. The quantitative estimate of drug-likeness (QED) is 0.372. The number of nitrogens with zero attached hydrogens (tertiary/aromatic N) is 1. The molecule has 0 aliphatic heterocycles. The van der Waals surface area contributed by atoms with Crippen molar-refractivity contribution in [3.63, 3.8) is 0 Å². The minimum atomic E-state index is -4.38. The molecule has 1 atom stereocenters. The second-order valence-electron chi connectivity index (χ2n) is 7.26. The van der Waals surface area contributed by atoms with Crippen molar-refractivity contribution >= 4 is 21.7 Å². The first kappa shape index (κ1) is 24.9. The van der Waals surface area contributed by atoms with Gasteiger partial charge >= 0.3 is 0 Å². The van der Waals surface area contributed by atoms with Crippen LogP contribution in [0.3, 0.4) is 0 Å². The number of carbonyl (C=O) groups excluding carboxylic acids is 2. The molecule has 2 aromatic carbocycles. The second-order valence-corrected chi connectivity index (χ2v) is 9.29. The lowest BCUT2D eigenvalue weighted by molar-refractivity contribution is -0.118. The Morgan fingerprint density at radius 3 is 2.18 bits per heavy atom. The lowest BCUT2D eigenvalue weighted by Gasteiger charge is -2.19. The molecule has 3 aromatic rings. The van der Waals surface area contributed by atoms with E-state index in [1.807, 2.05) is 0 Å². The fourth-order valence-electron chi connectivity index (χ4n) is 3.20. The number of amides is 2. The van der Waals surface area contributed by atoms with Crippen molar-refractivity contribution in [1.29, 1.82) is 0 Å². The SMILES string of the molecule is CC(=O)NCCNC(=O)c1ccc(C(c2cc(F)ccc2F)S(=O)(=O)c2ccc(F)cc2)cn1. The van der Waals surface area contributed by atoms with E-state index in [9.17, 15) is 31.2 Å². The summed E-state index contributed by atoms with van der Waals surface area (Å²) >= 11 is 0. The first-order chi connectivity index (χ1) is 16.1. The highest BCUT2D eigenvalue weighted by Gasteiger charge is 2.33. The molecule has 0 bridgehead atoms. The first-order valence-electron chi connectivity index (χ1n) is 10.0. The van der Waals surface area contributed by atoms with Gasteiger partial charge in [0.05, 0.1) is 4.90 Å². The molecule has 0 aliphatic rings. The zero-order valence-corrected chi connectivity index (χ0v) is 18.7. The van der Waals surface area contributed by atoms with E-state index in [0.717, 1.165) is 48.7 Å². The number of pyridine rings is 1. The van der Waals surface area contributed by atoms with Gasteiger partial charge in [0.1, 0.15) is 28.4 Å². The lowest BCUT2D eigenvalue weighted by atomic mass is 10.0. The summed E-state index contributed by atoms with van der Waals surface area (Å²) in [6.07, 6.45) is 1.08. The van der Waals surface area contributed by atoms with E-state index < -0.39 is 44.0 Å². The number of rotatable bonds is 8. The Hall–Kier alpha value is -3.73. The molecule has 1 unspecified atom stereocenters.